The van der Waals surface area contributed by atoms with Gasteiger partial charge < -0.3 is 14.6 Å². The molecule has 0 amide bonds. The van der Waals surface area contributed by atoms with Crippen molar-refractivity contribution in [2.75, 3.05) is 12.4 Å². The van der Waals surface area contributed by atoms with E-state index in [0.717, 1.165) is 11.3 Å². The van der Waals surface area contributed by atoms with E-state index in [0.29, 0.717) is 29.0 Å². The number of halogens is 2. The first-order valence-electron chi connectivity index (χ1n) is 13.5. The molecule has 11 heteroatoms. The molecule has 216 valence electrons. The molecule has 3 heterocycles. The summed E-state index contributed by atoms with van der Waals surface area (Å²) in [5, 5.41) is 4.00. The summed E-state index contributed by atoms with van der Waals surface area (Å²) < 4.78 is 23.0. The molecule has 1 N–H and O–H groups in total. The first kappa shape index (κ1) is 28.0. The molecule has 0 saturated heterocycles. The van der Waals surface area contributed by atoms with Gasteiger partial charge >= 0.3 is 0 Å². The SMILES string of the molecule is COc1ccc(Cn2ccc(=O)c3c(N[C@@H](C)c4nc5cccc(Cl)c5c(=O)n4-c4cc(C)cc(F)c4)ncnc32)cc1. The van der Waals surface area contributed by atoms with Gasteiger partial charge in [0.15, 0.2) is 5.43 Å². The van der Waals surface area contributed by atoms with Crippen LogP contribution in [0.15, 0.2) is 88.8 Å². The molecule has 6 aromatic rings. The van der Waals surface area contributed by atoms with Crippen molar-refractivity contribution in [3.05, 3.63) is 128 Å². The molecular weight excluding hydrogens is 571 g/mol. The number of fused-ring (bicyclic) bond motifs is 2. The minimum Gasteiger partial charge on any atom is -0.497 e. The van der Waals surface area contributed by atoms with Crippen LogP contribution in [0.1, 0.15) is 29.9 Å². The van der Waals surface area contributed by atoms with Crippen molar-refractivity contribution < 1.29 is 9.13 Å². The summed E-state index contributed by atoms with van der Waals surface area (Å²) in [5.74, 6) is 0.805. The van der Waals surface area contributed by atoms with Crippen molar-refractivity contribution in [2.24, 2.45) is 0 Å². The first-order chi connectivity index (χ1) is 20.7. The van der Waals surface area contributed by atoms with Crippen LogP contribution in [0.5, 0.6) is 5.75 Å². The predicted octanol–water partition coefficient (Wildman–Crippen LogP) is 5.82. The minimum absolute atomic E-state index is 0.218. The van der Waals surface area contributed by atoms with Gasteiger partial charge in [-0.15, -0.1) is 0 Å². The minimum atomic E-state index is -0.660. The van der Waals surface area contributed by atoms with Crippen molar-refractivity contribution in [3.63, 3.8) is 0 Å². The summed E-state index contributed by atoms with van der Waals surface area (Å²) in [7, 11) is 1.61. The second kappa shape index (κ2) is 11.3. The summed E-state index contributed by atoms with van der Waals surface area (Å²) in [6.07, 6.45) is 3.06. The van der Waals surface area contributed by atoms with E-state index in [1.807, 2.05) is 28.8 Å². The number of methoxy groups -OCH3 is 1. The van der Waals surface area contributed by atoms with E-state index < -0.39 is 17.4 Å². The van der Waals surface area contributed by atoms with E-state index in [4.69, 9.17) is 21.3 Å². The number of aryl methyl sites for hydroxylation is 1. The van der Waals surface area contributed by atoms with Crippen LogP contribution in [-0.4, -0.2) is 31.2 Å². The fraction of sp³-hybridized carbons (Fsp3) is 0.156. The van der Waals surface area contributed by atoms with Gasteiger partial charge in [-0.05, 0) is 67.4 Å². The smallest absolute Gasteiger partial charge is 0.267 e. The molecule has 0 aliphatic rings. The molecular formula is C32H26ClFN6O3. The van der Waals surface area contributed by atoms with E-state index in [2.05, 4.69) is 15.3 Å². The van der Waals surface area contributed by atoms with Gasteiger partial charge in [0.05, 0.1) is 34.8 Å². The molecule has 6 rings (SSSR count). The largest absolute Gasteiger partial charge is 0.497 e. The third-order valence-electron chi connectivity index (χ3n) is 7.16. The van der Waals surface area contributed by atoms with Gasteiger partial charge in [-0.25, -0.2) is 19.3 Å². The van der Waals surface area contributed by atoms with Crippen LogP contribution in [0.2, 0.25) is 5.02 Å². The molecule has 43 heavy (non-hydrogen) atoms. The van der Waals surface area contributed by atoms with Crippen LogP contribution in [0.3, 0.4) is 0 Å². The average molecular weight is 597 g/mol. The lowest BCUT2D eigenvalue weighted by Gasteiger charge is -2.21. The van der Waals surface area contributed by atoms with Gasteiger partial charge in [0.2, 0.25) is 0 Å². The van der Waals surface area contributed by atoms with Gasteiger partial charge in [-0.2, -0.15) is 0 Å². The van der Waals surface area contributed by atoms with E-state index >= 15 is 0 Å². The van der Waals surface area contributed by atoms with Crippen molar-refractivity contribution in [2.45, 2.75) is 26.4 Å². The molecule has 0 bridgehead atoms. The van der Waals surface area contributed by atoms with Gasteiger partial charge in [0.25, 0.3) is 5.56 Å². The lowest BCUT2D eigenvalue weighted by Crippen LogP contribution is -2.28. The summed E-state index contributed by atoms with van der Waals surface area (Å²) in [4.78, 5) is 40.6. The van der Waals surface area contributed by atoms with Gasteiger partial charge in [-0.1, -0.05) is 29.8 Å². The maximum absolute atomic E-state index is 14.5. The van der Waals surface area contributed by atoms with Gasteiger partial charge in [-0.3, -0.25) is 14.2 Å². The van der Waals surface area contributed by atoms with E-state index in [1.165, 1.54) is 29.1 Å². The Bertz CT molecular complexity index is 2110. The van der Waals surface area contributed by atoms with Crippen LogP contribution in [0, 0.1) is 12.7 Å². The second-order valence-corrected chi connectivity index (χ2v) is 10.6. The van der Waals surface area contributed by atoms with Crippen LogP contribution < -0.4 is 21.0 Å². The number of aromatic nitrogens is 5. The van der Waals surface area contributed by atoms with E-state index in [9.17, 15) is 14.0 Å². The number of ether oxygens (including phenoxy) is 1. The van der Waals surface area contributed by atoms with Crippen molar-refractivity contribution in [1.82, 2.24) is 24.1 Å². The highest BCUT2D eigenvalue weighted by Gasteiger charge is 2.22. The Morgan fingerprint density at radius 1 is 1.02 bits per heavy atom. The summed E-state index contributed by atoms with van der Waals surface area (Å²) >= 11 is 6.41. The van der Waals surface area contributed by atoms with Crippen LogP contribution in [0.25, 0.3) is 27.6 Å². The fourth-order valence-corrected chi connectivity index (χ4v) is 5.41. The number of anilines is 1. The average Bonchev–Trinajstić information content (AvgIpc) is 2.98. The Morgan fingerprint density at radius 2 is 1.81 bits per heavy atom. The highest BCUT2D eigenvalue weighted by molar-refractivity contribution is 6.35. The van der Waals surface area contributed by atoms with Gasteiger partial charge in [0, 0.05) is 18.8 Å². The number of hydrogen-bond donors (Lipinski definition) is 1. The number of rotatable bonds is 7. The highest BCUT2D eigenvalue weighted by atomic mass is 35.5. The fourth-order valence-electron chi connectivity index (χ4n) is 5.16. The highest BCUT2D eigenvalue weighted by Crippen LogP contribution is 2.27. The molecule has 9 nitrogen and oxygen atoms in total. The van der Waals surface area contributed by atoms with Crippen molar-refractivity contribution >= 4 is 39.4 Å². The van der Waals surface area contributed by atoms with E-state index in [-0.39, 0.29) is 32.9 Å². The Kier molecular flexibility index (Phi) is 7.37. The monoisotopic (exact) mass is 596 g/mol. The van der Waals surface area contributed by atoms with Crippen LogP contribution in [0.4, 0.5) is 10.2 Å². The molecule has 3 aromatic carbocycles. The molecule has 0 aliphatic heterocycles. The standard InChI is InChI=1S/C32H26ClFN6O3/c1-18-13-21(34)15-22(14-18)40-30(38-25-6-4-5-24(33)27(25)32(40)42)19(2)37-29-28-26(41)11-12-39(31(28)36-17-35-29)16-20-7-9-23(43-3)10-8-20/h4-15,17,19H,16H2,1-3H3,(H,35,36,37)/t19-/m0/s1. The number of nitrogens with one attached hydrogen (secondary N) is 1. The van der Waals surface area contributed by atoms with E-state index in [1.54, 1.807) is 51.4 Å². The van der Waals surface area contributed by atoms with Crippen LogP contribution >= 0.6 is 11.6 Å². The summed E-state index contributed by atoms with van der Waals surface area (Å²) in [5.41, 5.74) is 2.03. The second-order valence-electron chi connectivity index (χ2n) is 10.2. The third kappa shape index (κ3) is 5.32. The Labute approximate surface area is 250 Å². The molecule has 0 spiro atoms. The van der Waals surface area contributed by atoms with Crippen molar-refractivity contribution in [3.8, 4) is 11.4 Å². The molecule has 0 saturated carbocycles. The predicted molar refractivity (Wildman–Crippen MR) is 165 cm³/mol. The quantitative estimate of drug-likeness (QED) is 0.248. The Morgan fingerprint density at radius 3 is 2.56 bits per heavy atom. The molecule has 0 fully saturated rings. The molecule has 0 unspecified atom stereocenters. The zero-order valence-electron chi connectivity index (χ0n) is 23.5. The zero-order chi connectivity index (χ0) is 30.2. The molecule has 0 aliphatic carbocycles. The summed E-state index contributed by atoms with van der Waals surface area (Å²) in [6, 6.07) is 17.8. The normalized spacial score (nSPS) is 12.0. The maximum Gasteiger partial charge on any atom is 0.267 e. The Balaban J connectivity index is 1.47. The molecule has 1 atom stereocenters. The zero-order valence-corrected chi connectivity index (χ0v) is 24.3. The summed E-state index contributed by atoms with van der Waals surface area (Å²) in [6.45, 7) is 3.98. The number of pyridine rings is 1. The van der Waals surface area contributed by atoms with Crippen LogP contribution in [-0.2, 0) is 6.54 Å². The topological polar surface area (TPSA) is 104 Å². The maximum atomic E-state index is 14.5. The van der Waals surface area contributed by atoms with Crippen molar-refractivity contribution in [1.29, 1.82) is 0 Å². The first-order valence-corrected chi connectivity index (χ1v) is 13.8. The molecule has 3 aromatic heterocycles. The lowest BCUT2D eigenvalue weighted by molar-refractivity contribution is 0.414. The Hall–Kier alpha value is -5.09. The number of nitrogens with zero attached hydrogens (tertiary/aromatic N) is 5. The number of hydrogen-bond acceptors (Lipinski definition) is 7. The van der Waals surface area contributed by atoms with Gasteiger partial charge in [0.1, 0.15) is 40.6 Å². The number of benzene rings is 3. The lowest BCUT2D eigenvalue weighted by atomic mass is 10.1. The third-order valence-corrected chi connectivity index (χ3v) is 7.48. The molecule has 0 radical (unpaired) electrons.